The van der Waals surface area contributed by atoms with Gasteiger partial charge in [0.15, 0.2) is 0 Å². The van der Waals surface area contributed by atoms with Crippen LogP contribution in [-0.2, 0) is 4.74 Å². The van der Waals surface area contributed by atoms with Gasteiger partial charge >= 0.3 is 0 Å². The topological polar surface area (TPSA) is 51.4 Å². The van der Waals surface area contributed by atoms with Crippen molar-refractivity contribution in [3.05, 3.63) is 16.9 Å². The molecule has 17 heavy (non-hydrogen) atoms. The number of nitrogens with two attached hydrogens (primary N) is 1. The molecule has 1 aromatic heterocycles. The number of aromatic nitrogens is 1. The van der Waals surface area contributed by atoms with Gasteiger partial charge in [-0.15, -0.1) is 0 Å². The molecule has 1 saturated heterocycles. The maximum Gasteiger partial charge on any atom is 0.0776 e. The van der Waals surface area contributed by atoms with E-state index in [0.717, 1.165) is 42.7 Å². The number of rotatable bonds is 4. The van der Waals surface area contributed by atoms with Crippen molar-refractivity contribution in [2.75, 3.05) is 30.3 Å². The van der Waals surface area contributed by atoms with Crippen molar-refractivity contribution in [2.24, 2.45) is 0 Å². The van der Waals surface area contributed by atoms with E-state index in [-0.39, 0.29) is 0 Å². The minimum absolute atomic E-state index is 0.328. The molecule has 2 rings (SSSR count). The molecule has 0 aromatic carbocycles. The molecule has 2 N–H and O–H groups in total. The molecule has 4 nitrogen and oxygen atoms in total. The second-order valence-electron chi connectivity index (χ2n) is 4.23. The number of nitrogens with zero attached hydrogens (tertiary/aromatic N) is 2. The molecule has 1 unspecified atom stereocenters. The second-order valence-corrected chi connectivity index (χ2v) is 5.09. The van der Waals surface area contributed by atoms with Gasteiger partial charge in [0.05, 0.1) is 28.1 Å². The Balaban J connectivity index is 2.16. The number of halogens is 1. The Morgan fingerprint density at radius 1 is 1.59 bits per heavy atom. The summed E-state index contributed by atoms with van der Waals surface area (Å²) in [6, 6.07) is 0. The van der Waals surface area contributed by atoms with Crippen LogP contribution in [0.3, 0.4) is 0 Å². The van der Waals surface area contributed by atoms with Gasteiger partial charge in [-0.1, -0.05) is 0 Å². The van der Waals surface area contributed by atoms with E-state index in [2.05, 4.69) is 32.7 Å². The van der Waals surface area contributed by atoms with E-state index < -0.39 is 0 Å². The van der Waals surface area contributed by atoms with Crippen LogP contribution in [0.4, 0.5) is 11.4 Å². The van der Waals surface area contributed by atoms with E-state index >= 15 is 0 Å². The number of nitrogen functional groups attached to an aromatic ring is 1. The summed E-state index contributed by atoms with van der Waals surface area (Å²) >= 11 is 3.51. The zero-order chi connectivity index (χ0) is 12.3. The monoisotopic (exact) mass is 299 g/mol. The Morgan fingerprint density at radius 3 is 3.00 bits per heavy atom. The SMILES string of the molecule is CCN(CC1CCCO1)c1c(N)cncc1Br. The van der Waals surface area contributed by atoms with Crippen molar-refractivity contribution in [2.45, 2.75) is 25.9 Å². The Labute approximate surface area is 110 Å². The fourth-order valence-electron chi connectivity index (χ4n) is 2.19. The minimum Gasteiger partial charge on any atom is -0.396 e. The van der Waals surface area contributed by atoms with Crippen molar-refractivity contribution in [3.63, 3.8) is 0 Å². The third-order valence-corrected chi connectivity index (χ3v) is 3.63. The molecule has 0 aliphatic carbocycles. The summed E-state index contributed by atoms with van der Waals surface area (Å²) in [5, 5.41) is 0. The van der Waals surface area contributed by atoms with Gasteiger partial charge in [0.25, 0.3) is 0 Å². The largest absolute Gasteiger partial charge is 0.396 e. The summed E-state index contributed by atoms with van der Waals surface area (Å²) in [5.41, 5.74) is 7.73. The van der Waals surface area contributed by atoms with E-state index in [4.69, 9.17) is 10.5 Å². The molecule has 1 fully saturated rings. The quantitative estimate of drug-likeness (QED) is 0.928. The Morgan fingerprint density at radius 2 is 2.41 bits per heavy atom. The van der Waals surface area contributed by atoms with Gasteiger partial charge in [-0.3, -0.25) is 4.98 Å². The summed E-state index contributed by atoms with van der Waals surface area (Å²) in [7, 11) is 0. The van der Waals surface area contributed by atoms with Crippen molar-refractivity contribution in [3.8, 4) is 0 Å². The highest BCUT2D eigenvalue weighted by molar-refractivity contribution is 9.10. The van der Waals surface area contributed by atoms with Crippen LogP contribution < -0.4 is 10.6 Å². The van der Waals surface area contributed by atoms with Gasteiger partial charge in [-0.05, 0) is 35.7 Å². The van der Waals surface area contributed by atoms with Crippen molar-refractivity contribution in [1.29, 1.82) is 0 Å². The third-order valence-electron chi connectivity index (χ3n) is 3.05. The third kappa shape index (κ3) is 2.90. The summed E-state index contributed by atoms with van der Waals surface area (Å²) in [6.07, 6.45) is 6.10. The molecule has 1 aromatic rings. The van der Waals surface area contributed by atoms with Crippen molar-refractivity contribution in [1.82, 2.24) is 4.98 Å². The number of anilines is 2. The smallest absolute Gasteiger partial charge is 0.0776 e. The highest BCUT2D eigenvalue weighted by Crippen LogP contribution is 2.31. The molecule has 0 bridgehead atoms. The predicted octanol–water partition coefficient (Wildman–Crippen LogP) is 2.43. The molecular weight excluding hydrogens is 282 g/mol. The van der Waals surface area contributed by atoms with Gasteiger partial charge in [-0.2, -0.15) is 0 Å². The fraction of sp³-hybridized carbons (Fsp3) is 0.583. The van der Waals surface area contributed by atoms with Crippen LogP contribution in [0.1, 0.15) is 19.8 Å². The standard InChI is InChI=1S/C12H18BrN3O/c1-2-16(8-9-4-3-5-17-9)12-10(13)6-15-7-11(12)14/h6-7,9H,2-5,8,14H2,1H3. The van der Waals surface area contributed by atoms with Crippen molar-refractivity contribution < 1.29 is 4.74 Å². The molecule has 1 aliphatic heterocycles. The van der Waals surface area contributed by atoms with Gasteiger partial charge in [0, 0.05) is 25.9 Å². The lowest BCUT2D eigenvalue weighted by atomic mass is 10.2. The highest BCUT2D eigenvalue weighted by atomic mass is 79.9. The fourth-order valence-corrected chi connectivity index (χ4v) is 2.79. The summed E-state index contributed by atoms with van der Waals surface area (Å²) < 4.78 is 6.62. The van der Waals surface area contributed by atoms with Crippen molar-refractivity contribution >= 4 is 27.3 Å². The zero-order valence-corrected chi connectivity index (χ0v) is 11.6. The molecule has 5 heteroatoms. The minimum atomic E-state index is 0.328. The number of ether oxygens (including phenoxy) is 1. The lowest BCUT2D eigenvalue weighted by Crippen LogP contribution is -2.32. The molecule has 0 spiro atoms. The Bertz CT molecular complexity index is 360. The summed E-state index contributed by atoms with van der Waals surface area (Å²) in [6.45, 7) is 4.81. The predicted molar refractivity (Wildman–Crippen MR) is 73.2 cm³/mol. The number of likely N-dealkylation sites (N-methyl/N-ethyl adjacent to an activating group) is 1. The molecule has 1 aliphatic rings. The van der Waals surface area contributed by atoms with E-state index in [0.29, 0.717) is 11.8 Å². The maximum absolute atomic E-state index is 6.00. The molecule has 1 atom stereocenters. The normalized spacial score (nSPS) is 19.5. The van der Waals surface area contributed by atoms with Crippen LogP contribution in [0.15, 0.2) is 16.9 Å². The first-order valence-corrected chi connectivity index (χ1v) is 6.77. The van der Waals surface area contributed by atoms with Crippen LogP contribution in [0.5, 0.6) is 0 Å². The number of hydrogen-bond donors (Lipinski definition) is 1. The van der Waals surface area contributed by atoms with Gasteiger partial charge in [-0.25, -0.2) is 0 Å². The lowest BCUT2D eigenvalue weighted by molar-refractivity contribution is 0.115. The first kappa shape index (κ1) is 12.6. The van der Waals surface area contributed by atoms with Gasteiger partial charge in [0.1, 0.15) is 0 Å². The average molecular weight is 300 g/mol. The van der Waals surface area contributed by atoms with Crippen LogP contribution in [0, 0.1) is 0 Å². The van der Waals surface area contributed by atoms with Crippen LogP contribution in [0.25, 0.3) is 0 Å². The van der Waals surface area contributed by atoms with E-state index in [1.54, 1.807) is 12.4 Å². The average Bonchev–Trinajstić information content (AvgIpc) is 2.80. The number of pyridine rings is 1. The molecule has 0 amide bonds. The molecular formula is C12H18BrN3O. The van der Waals surface area contributed by atoms with Gasteiger partial charge in [0.2, 0.25) is 0 Å². The van der Waals surface area contributed by atoms with E-state index in [1.807, 2.05) is 0 Å². The Hall–Kier alpha value is -0.810. The zero-order valence-electron chi connectivity index (χ0n) is 10.0. The number of hydrogen-bond acceptors (Lipinski definition) is 4. The maximum atomic E-state index is 6.00. The molecule has 2 heterocycles. The lowest BCUT2D eigenvalue weighted by Gasteiger charge is -2.27. The Kier molecular flexibility index (Phi) is 4.23. The van der Waals surface area contributed by atoms with E-state index in [1.165, 1.54) is 0 Å². The molecule has 0 saturated carbocycles. The molecule has 0 radical (unpaired) electrons. The first-order valence-electron chi connectivity index (χ1n) is 5.98. The summed E-state index contributed by atoms with van der Waals surface area (Å²) in [4.78, 5) is 6.31. The second kappa shape index (κ2) is 5.69. The van der Waals surface area contributed by atoms with Crippen LogP contribution in [-0.4, -0.2) is 30.8 Å². The summed E-state index contributed by atoms with van der Waals surface area (Å²) in [5.74, 6) is 0. The molecule has 94 valence electrons. The van der Waals surface area contributed by atoms with E-state index in [9.17, 15) is 0 Å². The van der Waals surface area contributed by atoms with Crippen LogP contribution >= 0.6 is 15.9 Å². The van der Waals surface area contributed by atoms with Gasteiger partial charge < -0.3 is 15.4 Å². The highest BCUT2D eigenvalue weighted by Gasteiger charge is 2.21. The first-order chi connectivity index (χ1) is 8.22. The van der Waals surface area contributed by atoms with Crippen LogP contribution in [0.2, 0.25) is 0 Å².